The van der Waals surface area contributed by atoms with Crippen LogP contribution in [0.15, 0.2) is 24.3 Å². The molecule has 142 valence electrons. The molecule has 14 heteroatoms. The van der Waals surface area contributed by atoms with Crippen LogP contribution in [0.5, 0.6) is 0 Å². The van der Waals surface area contributed by atoms with Gasteiger partial charge in [-0.3, -0.25) is 20.4 Å². The van der Waals surface area contributed by atoms with Crippen molar-refractivity contribution in [2.45, 2.75) is 12.8 Å². The number of thiocarbonyl (C=S) groups is 2. The van der Waals surface area contributed by atoms with Gasteiger partial charge in [0.1, 0.15) is 0 Å². The van der Waals surface area contributed by atoms with Crippen LogP contribution >= 0.6 is 47.0 Å². The Hall–Kier alpha value is 2.18. The van der Waals surface area contributed by atoms with Gasteiger partial charge in [-0.2, -0.15) is 0 Å². The van der Waals surface area contributed by atoms with Crippen LogP contribution in [-0.4, -0.2) is 33.5 Å². The molecule has 28 heavy (non-hydrogen) atoms. The molecule has 0 bridgehead atoms. The molecule has 0 saturated heterocycles. The van der Waals surface area contributed by atoms with E-state index >= 15 is 0 Å². The number of carbonyl (C=O) groups excluding carboxylic acids is 2. The zero-order valence-electron chi connectivity index (χ0n) is 15.4. The summed E-state index contributed by atoms with van der Waals surface area (Å²) in [7, 11) is 0. The van der Waals surface area contributed by atoms with E-state index in [1.165, 1.54) is 0 Å². The normalized spacial score (nSPS) is 9.04. The second-order valence-corrected chi connectivity index (χ2v) is 8.28. The molecule has 0 aliphatic rings. The fourth-order valence-corrected chi connectivity index (χ4v) is 2.43. The van der Waals surface area contributed by atoms with Crippen LogP contribution in [0.2, 0.25) is 0 Å². The summed E-state index contributed by atoms with van der Waals surface area (Å²) in [5.41, 5.74) is 10.6. The number of amides is 2. The molecule has 4 N–H and O–H groups in total. The Kier molecular flexibility index (Phi) is 21.6. The van der Waals surface area contributed by atoms with Crippen LogP contribution in [0, 0.1) is 3.57 Å². The van der Waals surface area contributed by atoms with E-state index in [9.17, 15) is 9.59 Å². The van der Waals surface area contributed by atoms with Gasteiger partial charge < -0.3 is 65.4 Å². The Morgan fingerprint density at radius 1 is 0.857 bits per heavy atom. The van der Waals surface area contributed by atoms with Crippen molar-refractivity contribution < 1.29 is 112 Å². The molecule has 0 radical (unpaired) electrons. The van der Waals surface area contributed by atoms with Crippen molar-refractivity contribution >= 4 is 98.4 Å². The summed E-state index contributed by atoms with van der Waals surface area (Å²) in [6.45, 7) is 0.830. The van der Waals surface area contributed by atoms with E-state index in [0.717, 1.165) is 9.26 Å². The zero-order chi connectivity index (χ0) is 19.5. The van der Waals surface area contributed by atoms with Gasteiger partial charge in [-0.15, -0.1) is 0 Å². The van der Waals surface area contributed by atoms with Crippen molar-refractivity contribution in [2.24, 2.45) is 0 Å². The number of hydrogen-bond donors (Lipinski definition) is 4. The molecule has 0 heterocycles. The van der Waals surface area contributed by atoms with Gasteiger partial charge in [0.25, 0.3) is 0 Å². The predicted octanol–water partition coefficient (Wildman–Crippen LogP) is -5.21. The number of nitrogens with one attached hydrogen (secondary N) is 4. The summed E-state index contributed by atoms with van der Waals surface area (Å²) < 4.78 is 1.22. The zero-order valence-corrected chi connectivity index (χ0v) is 27.1. The van der Waals surface area contributed by atoms with Crippen LogP contribution in [0.25, 0.3) is 0 Å². The fourth-order valence-electron chi connectivity index (χ4n) is 1.86. The van der Waals surface area contributed by atoms with E-state index in [1.54, 1.807) is 0 Å². The fraction of sp³-hybridized carbons (Fsp3) is 0.286. The third kappa shape index (κ3) is 15.9. The molecular formula is C14H16IK2N5O2S4. The van der Waals surface area contributed by atoms with Crippen LogP contribution in [0.4, 0.5) is 5.69 Å². The van der Waals surface area contributed by atoms with Gasteiger partial charge >= 0.3 is 103 Å². The quantitative estimate of drug-likeness (QED) is 0.0788. The van der Waals surface area contributed by atoms with E-state index < -0.39 is 0 Å². The Morgan fingerprint density at radius 2 is 1.25 bits per heavy atom. The Balaban J connectivity index is 0. The first-order chi connectivity index (χ1) is 12.3. The summed E-state index contributed by atoms with van der Waals surface area (Å²) in [5.74, 6) is -0.509. The molecule has 0 aliphatic carbocycles. The second-order valence-electron chi connectivity index (χ2n) is 4.88. The molecule has 0 aromatic heterocycles. The van der Waals surface area contributed by atoms with Crippen molar-refractivity contribution in [3.8, 4) is 0 Å². The van der Waals surface area contributed by atoms with Gasteiger partial charge in [0, 0.05) is 35.2 Å². The third-order valence-electron chi connectivity index (χ3n) is 3.02. The number of rotatable bonds is 7. The number of hydrogen-bond acceptors (Lipinski definition) is 7. The minimum absolute atomic E-state index is 0. The summed E-state index contributed by atoms with van der Waals surface area (Å²) in [4.78, 5) is 25.6. The first-order valence-electron chi connectivity index (χ1n) is 7.30. The van der Waals surface area contributed by atoms with Crippen LogP contribution < -0.4 is 129 Å². The number of benzene rings is 1. The SMILES string of the molecule is O=C(CCN(CCC(=O)NNC(=S)[S-])c1ccc(I)cc1)NNC(=S)[S-].[K+].[K+]. The molecular weight excluding hydrogens is 604 g/mol. The van der Waals surface area contributed by atoms with E-state index in [2.05, 4.69) is 94.0 Å². The van der Waals surface area contributed by atoms with E-state index in [4.69, 9.17) is 0 Å². The molecule has 0 saturated carbocycles. The van der Waals surface area contributed by atoms with Gasteiger partial charge in [0.2, 0.25) is 11.8 Å². The van der Waals surface area contributed by atoms with Crippen molar-refractivity contribution in [3.05, 3.63) is 27.8 Å². The maximum absolute atomic E-state index is 11.8. The Morgan fingerprint density at radius 3 is 1.61 bits per heavy atom. The summed E-state index contributed by atoms with van der Waals surface area (Å²) in [6, 6.07) is 7.78. The first-order valence-corrected chi connectivity index (χ1v) is 10.0. The van der Waals surface area contributed by atoms with Gasteiger partial charge in [-0.1, -0.05) is 0 Å². The molecule has 7 nitrogen and oxygen atoms in total. The third-order valence-corrected chi connectivity index (χ3v) is 4.14. The second kappa shape index (κ2) is 18.7. The summed E-state index contributed by atoms with van der Waals surface area (Å²) in [6.07, 6.45) is 0.403. The Bertz CT molecular complexity index is 636. The van der Waals surface area contributed by atoms with Crippen molar-refractivity contribution in [2.75, 3.05) is 18.0 Å². The standard InChI is InChI=1S/C14H18IN5O2S4.2K/c15-9-1-3-10(4-2-9)20(7-5-11(21)16-18-13(23)24)8-6-12(22)17-19-14(25)26;;/h1-4H,5-8H2,(H,16,21)(H,17,22)(H2,18,23,24)(H2,19,25,26);;/q;2*+1/p-2. The van der Waals surface area contributed by atoms with Crippen molar-refractivity contribution in [1.29, 1.82) is 0 Å². The molecule has 2 amide bonds. The average molecular weight is 620 g/mol. The van der Waals surface area contributed by atoms with Crippen LogP contribution in [0.1, 0.15) is 12.8 Å². The number of halogens is 1. The van der Waals surface area contributed by atoms with E-state index in [1.807, 2.05) is 29.2 Å². The topological polar surface area (TPSA) is 85.5 Å². The number of carbonyl (C=O) groups is 2. The van der Waals surface area contributed by atoms with E-state index in [-0.39, 0.29) is 136 Å². The maximum Gasteiger partial charge on any atom is 1.00 e. The number of hydrazine groups is 2. The minimum atomic E-state index is -0.254. The van der Waals surface area contributed by atoms with Crippen LogP contribution in [-0.2, 0) is 34.8 Å². The molecule has 0 aliphatic heterocycles. The van der Waals surface area contributed by atoms with E-state index in [0.29, 0.717) is 13.1 Å². The predicted molar refractivity (Wildman–Crippen MR) is 123 cm³/mol. The molecule has 0 fully saturated rings. The molecule has 0 unspecified atom stereocenters. The van der Waals surface area contributed by atoms with Crippen molar-refractivity contribution in [1.82, 2.24) is 21.7 Å². The number of nitrogens with zero attached hydrogens (tertiary/aromatic N) is 1. The molecule has 1 rings (SSSR count). The van der Waals surface area contributed by atoms with Gasteiger partial charge in [0.05, 0.1) is 0 Å². The smallest absolute Gasteiger partial charge is 0.410 e. The van der Waals surface area contributed by atoms with Crippen molar-refractivity contribution in [3.63, 3.8) is 0 Å². The largest absolute Gasteiger partial charge is 1.00 e. The average Bonchev–Trinajstić information content (AvgIpc) is 2.59. The molecule has 1 aromatic rings. The van der Waals surface area contributed by atoms with Gasteiger partial charge in [0.15, 0.2) is 0 Å². The minimum Gasteiger partial charge on any atom is -0.410 e. The Labute approximate surface area is 285 Å². The maximum atomic E-state index is 11.8. The molecule has 0 spiro atoms. The van der Waals surface area contributed by atoms with Gasteiger partial charge in [-0.05, 0) is 55.5 Å². The first kappa shape index (κ1) is 32.4. The van der Waals surface area contributed by atoms with Crippen LogP contribution in [0.3, 0.4) is 0 Å². The molecule has 1 aromatic carbocycles. The summed E-state index contributed by atoms with van der Waals surface area (Å²) in [5, 5.41) is 0. The number of anilines is 1. The monoisotopic (exact) mass is 619 g/mol. The summed E-state index contributed by atoms with van der Waals surface area (Å²) >= 11 is 20.9. The van der Waals surface area contributed by atoms with Gasteiger partial charge in [-0.25, -0.2) is 0 Å². The molecule has 0 atom stereocenters.